The second-order valence-electron chi connectivity index (χ2n) is 7.88. The summed E-state index contributed by atoms with van der Waals surface area (Å²) in [4.78, 5) is 19.6. The Hall–Kier alpha value is -1.44. The van der Waals surface area contributed by atoms with Crippen molar-refractivity contribution in [1.29, 1.82) is 0 Å². The molecule has 3 aliphatic rings. The number of piperidine rings is 1. The monoisotopic (exact) mass is 405 g/mol. The third-order valence-electron chi connectivity index (χ3n) is 6.04. The van der Waals surface area contributed by atoms with Crippen LogP contribution in [0.4, 0.5) is 0 Å². The standard InChI is InChI=1S/C21H31N3O3S/c1-28-12-6-21(25)24-7-2-3-18(15-24)23-10-8-22(9-11-23)14-17-4-5-19-20(13-17)27-16-26-19/h4-5,13,18H,2-3,6-12,14-16H2,1H3. The van der Waals surface area contributed by atoms with Gasteiger partial charge >= 0.3 is 0 Å². The number of ether oxygens (including phenoxy) is 2. The first-order chi connectivity index (χ1) is 13.7. The average Bonchev–Trinajstić information content (AvgIpc) is 3.20. The quantitative estimate of drug-likeness (QED) is 0.724. The van der Waals surface area contributed by atoms with E-state index in [0.29, 0.717) is 25.2 Å². The number of likely N-dealkylation sites (tertiary alicyclic amines) is 1. The molecule has 0 aromatic heterocycles. The third kappa shape index (κ3) is 4.75. The third-order valence-corrected chi connectivity index (χ3v) is 6.65. The van der Waals surface area contributed by atoms with Gasteiger partial charge < -0.3 is 14.4 Å². The Morgan fingerprint density at radius 2 is 1.96 bits per heavy atom. The summed E-state index contributed by atoms with van der Waals surface area (Å²) in [5, 5.41) is 0. The zero-order valence-corrected chi connectivity index (χ0v) is 17.6. The average molecular weight is 406 g/mol. The van der Waals surface area contributed by atoms with Gasteiger partial charge in [-0.25, -0.2) is 0 Å². The minimum Gasteiger partial charge on any atom is -0.454 e. The molecule has 1 atom stereocenters. The van der Waals surface area contributed by atoms with Gasteiger partial charge in [-0.1, -0.05) is 6.07 Å². The summed E-state index contributed by atoms with van der Waals surface area (Å²) in [5.41, 5.74) is 1.28. The Balaban J connectivity index is 1.25. The lowest BCUT2D eigenvalue weighted by molar-refractivity contribution is -0.133. The van der Waals surface area contributed by atoms with Crippen LogP contribution >= 0.6 is 11.8 Å². The highest BCUT2D eigenvalue weighted by Crippen LogP contribution is 2.33. The van der Waals surface area contributed by atoms with E-state index in [-0.39, 0.29) is 0 Å². The van der Waals surface area contributed by atoms with E-state index in [1.54, 1.807) is 11.8 Å². The van der Waals surface area contributed by atoms with Gasteiger partial charge in [-0.2, -0.15) is 11.8 Å². The highest BCUT2D eigenvalue weighted by atomic mass is 32.2. The van der Waals surface area contributed by atoms with Crippen LogP contribution in [0.15, 0.2) is 18.2 Å². The summed E-state index contributed by atoms with van der Waals surface area (Å²) in [5.74, 6) is 2.98. The van der Waals surface area contributed by atoms with E-state index in [9.17, 15) is 4.79 Å². The van der Waals surface area contributed by atoms with Gasteiger partial charge in [0.1, 0.15) is 0 Å². The maximum absolute atomic E-state index is 12.4. The van der Waals surface area contributed by atoms with Crippen LogP contribution in [0.25, 0.3) is 0 Å². The number of thioether (sulfide) groups is 1. The Kier molecular flexibility index (Phi) is 6.65. The molecule has 1 unspecified atom stereocenters. The van der Waals surface area contributed by atoms with E-state index in [0.717, 1.165) is 69.5 Å². The lowest BCUT2D eigenvalue weighted by Crippen LogP contribution is -2.55. The van der Waals surface area contributed by atoms with Crippen molar-refractivity contribution in [3.63, 3.8) is 0 Å². The van der Waals surface area contributed by atoms with E-state index in [4.69, 9.17) is 9.47 Å². The summed E-state index contributed by atoms with van der Waals surface area (Å²) < 4.78 is 10.9. The van der Waals surface area contributed by atoms with Gasteiger partial charge in [0.15, 0.2) is 11.5 Å². The van der Waals surface area contributed by atoms with E-state index in [1.807, 2.05) is 6.07 Å². The molecule has 0 spiro atoms. The molecule has 6 nitrogen and oxygen atoms in total. The molecule has 1 aromatic rings. The summed E-state index contributed by atoms with van der Waals surface area (Å²) in [6, 6.07) is 6.78. The van der Waals surface area contributed by atoms with Gasteiger partial charge in [-0.15, -0.1) is 0 Å². The minimum absolute atomic E-state index is 0.329. The number of nitrogens with zero attached hydrogens (tertiary/aromatic N) is 3. The molecule has 4 rings (SSSR count). The van der Waals surface area contributed by atoms with Crippen molar-refractivity contribution in [3.8, 4) is 11.5 Å². The fourth-order valence-corrected chi connectivity index (χ4v) is 4.79. The maximum atomic E-state index is 12.4. The van der Waals surface area contributed by atoms with E-state index in [1.165, 1.54) is 12.0 Å². The van der Waals surface area contributed by atoms with Crippen molar-refractivity contribution in [2.75, 3.05) is 58.1 Å². The van der Waals surface area contributed by atoms with Crippen LogP contribution in [0.5, 0.6) is 11.5 Å². The SMILES string of the molecule is CSCCC(=O)N1CCCC(N2CCN(Cc3ccc4c(c3)OCO4)CC2)C1. The van der Waals surface area contributed by atoms with Gasteiger partial charge in [0.05, 0.1) is 0 Å². The molecule has 2 saturated heterocycles. The number of rotatable bonds is 6. The fraction of sp³-hybridized carbons (Fsp3) is 0.667. The molecular formula is C21H31N3O3S. The topological polar surface area (TPSA) is 45.3 Å². The molecule has 0 bridgehead atoms. The highest BCUT2D eigenvalue weighted by Gasteiger charge is 2.29. The molecule has 3 aliphatic heterocycles. The van der Waals surface area contributed by atoms with Crippen molar-refractivity contribution in [3.05, 3.63) is 23.8 Å². The number of carbonyl (C=O) groups is 1. The predicted octanol–water partition coefficient (Wildman–Crippen LogP) is 2.28. The largest absolute Gasteiger partial charge is 0.454 e. The molecule has 0 radical (unpaired) electrons. The number of benzene rings is 1. The summed E-state index contributed by atoms with van der Waals surface area (Å²) in [6.07, 6.45) is 5.09. The van der Waals surface area contributed by atoms with Crippen LogP contribution in [0.1, 0.15) is 24.8 Å². The Morgan fingerprint density at radius 3 is 2.79 bits per heavy atom. The van der Waals surface area contributed by atoms with Crippen LogP contribution in [0.3, 0.4) is 0 Å². The summed E-state index contributed by atoms with van der Waals surface area (Å²) in [7, 11) is 0. The van der Waals surface area contributed by atoms with Crippen molar-refractivity contribution in [1.82, 2.24) is 14.7 Å². The van der Waals surface area contributed by atoms with Crippen molar-refractivity contribution in [2.24, 2.45) is 0 Å². The Bertz CT molecular complexity index is 679. The second-order valence-corrected chi connectivity index (χ2v) is 8.86. The van der Waals surface area contributed by atoms with Crippen molar-refractivity contribution >= 4 is 17.7 Å². The van der Waals surface area contributed by atoms with Crippen LogP contribution in [-0.2, 0) is 11.3 Å². The number of amides is 1. The van der Waals surface area contributed by atoms with Gasteiger partial charge in [-0.3, -0.25) is 14.6 Å². The summed E-state index contributed by atoms with van der Waals surface area (Å²) >= 11 is 1.75. The lowest BCUT2D eigenvalue weighted by atomic mass is 10.0. The van der Waals surface area contributed by atoms with Crippen LogP contribution in [-0.4, -0.2) is 84.7 Å². The number of hydrogen-bond donors (Lipinski definition) is 0. The maximum Gasteiger partial charge on any atom is 0.231 e. The molecule has 0 saturated carbocycles. The molecule has 0 N–H and O–H groups in total. The molecule has 154 valence electrons. The number of hydrogen-bond acceptors (Lipinski definition) is 6. The molecule has 1 aromatic carbocycles. The zero-order chi connectivity index (χ0) is 19.3. The van der Waals surface area contributed by atoms with Gasteiger partial charge in [0.25, 0.3) is 0 Å². The number of carbonyl (C=O) groups excluding carboxylic acids is 1. The molecule has 28 heavy (non-hydrogen) atoms. The number of piperazine rings is 1. The predicted molar refractivity (Wildman–Crippen MR) is 112 cm³/mol. The van der Waals surface area contributed by atoms with Crippen LogP contribution in [0.2, 0.25) is 0 Å². The first-order valence-electron chi connectivity index (χ1n) is 10.3. The van der Waals surface area contributed by atoms with Gasteiger partial charge in [0.2, 0.25) is 12.7 Å². The highest BCUT2D eigenvalue weighted by molar-refractivity contribution is 7.98. The van der Waals surface area contributed by atoms with Gasteiger partial charge in [0, 0.05) is 64.0 Å². The Morgan fingerprint density at radius 1 is 1.14 bits per heavy atom. The van der Waals surface area contributed by atoms with Crippen LogP contribution < -0.4 is 9.47 Å². The smallest absolute Gasteiger partial charge is 0.231 e. The zero-order valence-electron chi connectivity index (χ0n) is 16.8. The molecule has 3 heterocycles. The molecule has 2 fully saturated rings. The van der Waals surface area contributed by atoms with Gasteiger partial charge in [-0.05, 0) is 36.8 Å². The Labute approximate surface area is 172 Å². The molecule has 1 amide bonds. The minimum atomic E-state index is 0.329. The second kappa shape index (κ2) is 9.37. The van der Waals surface area contributed by atoms with Crippen molar-refractivity contribution in [2.45, 2.75) is 31.8 Å². The molecule has 7 heteroatoms. The first-order valence-corrected chi connectivity index (χ1v) is 11.7. The fourth-order valence-electron chi connectivity index (χ4n) is 4.41. The molecule has 0 aliphatic carbocycles. The van der Waals surface area contributed by atoms with Crippen LogP contribution in [0, 0.1) is 0 Å². The normalized spacial score (nSPS) is 23.2. The van der Waals surface area contributed by atoms with E-state index >= 15 is 0 Å². The van der Waals surface area contributed by atoms with E-state index < -0.39 is 0 Å². The summed E-state index contributed by atoms with van der Waals surface area (Å²) in [6.45, 7) is 7.45. The van der Waals surface area contributed by atoms with E-state index in [2.05, 4.69) is 33.1 Å². The lowest BCUT2D eigenvalue weighted by Gasteiger charge is -2.43. The van der Waals surface area contributed by atoms with Crippen molar-refractivity contribution < 1.29 is 14.3 Å². The number of fused-ring (bicyclic) bond motifs is 1. The first kappa shape index (κ1) is 19.9. The molecular weight excluding hydrogens is 374 g/mol.